The Balaban J connectivity index is 1.57. The van der Waals surface area contributed by atoms with Crippen LogP contribution in [0, 0.1) is 6.92 Å². The molecule has 4 rings (SSSR count). The van der Waals surface area contributed by atoms with Crippen LogP contribution in [0.3, 0.4) is 0 Å². The molecule has 0 radical (unpaired) electrons. The minimum Gasteiger partial charge on any atom is -0.497 e. The fourth-order valence-electron chi connectivity index (χ4n) is 3.36. The first-order valence-electron chi connectivity index (χ1n) is 8.62. The number of aromatic nitrogens is 1. The SMILES string of the molecule is COc1ccc2nc(C)cc(OCC(=O)N3CCc4ccccc43)c2c1. The Kier molecular flexibility index (Phi) is 4.21. The zero-order valence-electron chi connectivity index (χ0n) is 14.9. The van der Waals surface area contributed by atoms with Gasteiger partial charge in [-0.15, -0.1) is 0 Å². The molecule has 3 aromatic rings. The van der Waals surface area contributed by atoms with Gasteiger partial charge in [0.05, 0.1) is 12.6 Å². The quantitative estimate of drug-likeness (QED) is 0.724. The number of methoxy groups -OCH3 is 1. The zero-order valence-corrected chi connectivity index (χ0v) is 14.9. The first-order valence-corrected chi connectivity index (χ1v) is 8.62. The first-order chi connectivity index (χ1) is 12.7. The number of fused-ring (bicyclic) bond motifs is 2. The molecule has 5 heteroatoms. The zero-order chi connectivity index (χ0) is 18.1. The number of amides is 1. The maximum atomic E-state index is 12.7. The van der Waals surface area contributed by atoms with E-state index in [0.29, 0.717) is 12.3 Å². The average molecular weight is 348 g/mol. The highest BCUT2D eigenvalue weighted by atomic mass is 16.5. The highest BCUT2D eigenvalue weighted by Crippen LogP contribution is 2.30. The number of nitrogens with zero attached hydrogens (tertiary/aromatic N) is 2. The lowest BCUT2D eigenvalue weighted by Crippen LogP contribution is -2.33. The van der Waals surface area contributed by atoms with Gasteiger partial charge in [-0.25, -0.2) is 0 Å². The number of rotatable bonds is 4. The van der Waals surface area contributed by atoms with Crippen LogP contribution >= 0.6 is 0 Å². The summed E-state index contributed by atoms with van der Waals surface area (Å²) < 4.78 is 11.2. The largest absolute Gasteiger partial charge is 0.497 e. The number of carbonyl (C=O) groups is 1. The summed E-state index contributed by atoms with van der Waals surface area (Å²) in [4.78, 5) is 19.0. The summed E-state index contributed by atoms with van der Waals surface area (Å²) in [5.74, 6) is 1.33. The van der Waals surface area contributed by atoms with Gasteiger partial charge in [0.1, 0.15) is 11.5 Å². The van der Waals surface area contributed by atoms with Gasteiger partial charge in [0.25, 0.3) is 5.91 Å². The normalized spacial score (nSPS) is 12.9. The van der Waals surface area contributed by atoms with Gasteiger partial charge in [-0.2, -0.15) is 0 Å². The second kappa shape index (κ2) is 6.67. The van der Waals surface area contributed by atoms with Crippen LogP contribution in [0.1, 0.15) is 11.3 Å². The lowest BCUT2D eigenvalue weighted by molar-refractivity contribution is -0.120. The third kappa shape index (κ3) is 2.96. The molecule has 132 valence electrons. The molecule has 0 atom stereocenters. The fourth-order valence-corrected chi connectivity index (χ4v) is 3.36. The standard InChI is InChI=1S/C21H20N2O3/c1-14-11-20(17-12-16(25-2)7-8-18(17)22-14)26-13-21(24)23-10-9-15-5-3-4-6-19(15)23/h3-8,11-12H,9-10,13H2,1-2H3. The summed E-state index contributed by atoms with van der Waals surface area (Å²) in [6.07, 6.45) is 0.885. The number of anilines is 1. The fraction of sp³-hybridized carbons (Fsp3) is 0.238. The number of pyridine rings is 1. The summed E-state index contributed by atoms with van der Waals surface area (Å²) in [5.41, 5.74) is 3.85. The Labute approximate surface area is 152 Å². The smallest absolute Gasteiger partial charge is 0.264 e. The minimum atomic E-state index is -0.0412. The van der Waals surface area contributed by atoms with Crippen LogP contribution < -0.4 is 14.4 Å². The Bertz CT molecular complexity index is 984. The highest BCUT2D eigenvalue weighted by Gasteiger charge is 2.24. The first kappa shape index (κ1) is 16.4. The third-order valence-electron chi connectivity index (χ3n) is 4.65. The molecule has 1 aliphatic rings. The van der Waals surface area contributed by atoms with E-state index in [0.717, 1.165) is 34.5 Å². The van der Waals surface area contributed by atoms with E-state index < -0.39 is 0 Å². The molecule has 1 aliphatic heterocycles. The number of hydrogen-bond donors (Lipinski definition) is 0. The van der Waals surface area contributed by atoms with Crippen LogP contribution in [-0.4, -0.2) is 31.2 Å². The van der Waals surface area contributed by atoms with Crippen LogP contribution in [0.25, 0.3) is 10.9 Å². The predicted octanol–water partition coefficient (Wildman–Crippen LogP) is 3.52. The van der Waals surface area contributed by atoms with Crippen molar-refractivity contribution in [1.29, 1.82) is 0 Å². The molecular formula is C21H20N2O3. The van der Waals surface area contributed by atoms with Crippen LogP contribution in [0.5, 0.6) is 11.5 Å². The molecule has 0 unspecified atom stereocenters. The minimum absolute atomic E-state index is 0.00982. The van der Waals surface area contributed by atoms with Gasteiger partial charge in [-0.3, -0.25) is 9.78 Å². The maximum absolute atomic E-state index is 12.7. The van der Waals surface area contributed by atoms with Gasteiger partial charge >= 0.3 is 0 Å². The maximum Gasteiger partial charge on any atom is 0.264 e. The molecule has 0 fully saturated rings. The van der Waals surface area contributed by atoms with Gasteiger partial charge in [-0.05, 0) is 43.2 Å². The second-order valence-electron chi connectivity index (χ2n) is 6.36. The number of aryl methyl sites for hydroxylation is 1. The molecule has 26 heavy (non-hydrogen) atoms. The Morgan fingerprint density at radius 3 is 2.88 bits per heavy atom. The molecule has 0 N–H and O–H groups in total. The lowest BCUT2D eigenvalue weighted by Gasteiger charge is -2.18. The molecule has 2 heterocycles. The Morgan fingerprint density at radius 2 is 2.04 bits per heavy atom. The van der Waals surface area contributed by atoms with E-state index in [1.807, 2.05) is 49.4 Å². The Hall–Kier alpha value is -3.08. The van der Waals surface area contributed by atoms with Gasteiger partial charge in [0, 0.05) is 29.4 Å². The molecule has 0 spiro atoms. The van der Waals surface area contributed by atoms with Crippen molar-refractivity contribution in [2.45, 2.75) is 13.3 Å². The van der Waals surface area contributed by atoms with Gasteiger partial charge in [0.2, 0.25) is 0 Å². The van der Waals surface area contributed by atoms with Crippen molar-refractivity contribution in [2.24, 2.45) is 0 Å². The number of ether oxygens (including phenoxy) is 2. The van der Waals surface area contributed by atoms with Crippen molar-refractivity contribution < 1.29 is 14.3 Å². The monoisotopic (exact) mass is 348 g/mol. The van der Waals surface area contributed by atoms with E-state index >= 15 is 0 Å². The van der Waals surface area contributed by atoms with E-state index in [2.05, 4.69) is 11.1 Å². The molecule has 0 bridgehead atoms. The van der Waals surface area contributed by atoms with E-state index in [1.54, 1.807) is 12.0 Å². The van der Waals surface area contributed by atoms with Crippen molar-refractivity contribution in [2.75, 3.05) is 25.2 Å². The third-order valence-corrected chi connectivity index (χ3v) is 4.65. The number of hydrogen-bond acceptors (Lipinski definition) is 4. The second-order valence-corrected chi connectivity index (χ2v) is 6.36. The summed E-state index contributed by atoms with van der Waals surface area (Å²) in [5, 5.41) is 0.838. The van der Waals surface area contributed by atoms with Crippen LogP contribution in [-0.2, 0) is 11.2 Å². The molecule has 1 amide bonds. The molecule has 1 aromatic heterocycles. The van der Waals surface area contributed by atoms with E-state index in [1.165, 1.54) is 5.56 Å². The van der Waals surface area contributed by atoms with Gasteiger partial charge in [-0.1, -0.05) is 18.2 Å². The van der Waals surface area contributed by atoms with Crippen molar-refractivity contribution in [3.8, 4) is 11.5 Å². The molecular weight excluding hydrogens is 328 g/mol. The van der Waals surface area contributed by atoms with E-state index in [4.69, 9.17) is 9.47 Å². The van der Waals surface area contributed by atoms with Crippen molar-refractivity contribution in [1.82, 2.24) is 4.98 Å². The van der Waals surface area contributed by atoms with Crippen molar-refractivity contribution >= 4 is 22.5 Å². The summed E-state index contributed by atoms with van der Waals surface area (Å²) in [6, 6.07) is 15.5. The van der Waals surface area contributed by atoms with Crippen LogP contribution in [0.2, 0.25) is 0 Å². The van der Waals surface area contributed by atoms with Crippen LogP contribution in [0.15, 0.2) is 48.5 Å². The van der Waals surface area contributed by atoms with E-state index in [-0.39, 0.29) is 12.5 Å². The molecule has 0 saturated heterocycles. The van der Waals surface area contributed by atoms with Gasteiger partial charge < -0.3 is 14.4 Å². The Morgan fingerprint density at radius 1 is 1.19 bits per heavy atom. The van der Waals surface area contributed by atoms with E-state index in [9.17, 15) is 4.79 Å². The van der Waals surface area contributed by atoms with Gasteiger partial charge in [0.15, 0.2) is 6.61 Å². The topological polar surface area (TPSA) is 51.7 Å². The average Bonchev–Trinajstić information content (AvgIpc) is 3.09. The number of benzene rings is 2. The number of para-hydroxylation sites is 1. The summed E-state index contributed by atoms with van der Waals surface area (Å²) >= 11 is 0. The molecule has 2 aromatic carbocycles. The number of carbonyl (C=O) groups excluding carboxylic acids is 1. The lowest BCUT2D eigenvalue weighted by atomic mass is 10.1. The van der Waals surface area contributed by atoms with Crippen molar-refractivity contribution in [3.63, 3.8) is 0 Å². The predicted molar refractivity (Wildman–Crippen MR) is 101 cm³/mol. The highest BCUT2D eigenvalue weighted by molar-refractivity contribution is 5.96. The summed E-state index contributed by atoms with van der Waals surface area (Å²) in [6.45, 7) is 2.60. The van der Waals surface area contributed by atoms with Crippen LogP contribution in [0.4, 0.5) is 5.69 Å². The van der Waals surface area contributed by atoms with Crippen molar-refractivity contribution in [3.05, 3.63) is 59.8 Å². The molecule has 5 nitrogen and oxygen atoms in total. The molecule has 0 aliphatic carbocycles. The molecule has 0 saturated carbocycles. The summed E-state index contributed by atoms with van der Waals surface area (Å²) in [7, 11) is 1.62.